The third kappa shape index (κ3) is 3.42. The highest BCUT2D eigenvalue weighted by atomic mass is 35.5. The van der Waals surface area contributed by atoms with E-state index in [-0.39, 0.29) is 35.7 Å². The van der Waals surface area contributed by atoms with Gasteiger partial charge >= 0.3 is 5.97 Å². The maximum Gasteiger partial charge on any atom is 0.310 e. The molecule has 0 aliphatic heterocycles. The van der Waals surface area contributed by atoms with Crippen LogP contribution in [0.4, 0.5) is 5.69 Å². The van der Waals surface area contributed by atoms with Crippen molar-refractivity contribution in [2.75, 3.05) is 6.61 Å². The maximum absolute atomic E-state index is 11.4. The van der Waals surface area contributed by atoms with Gasteiger partial charge in [0.25, 0.3) is 5.69 Å². The molecule has 0 saturated carbocycles. The van der Waals surface area contributed by atoms with Crippen LogP contribution in [0.2, 0.25) is 0 Å². The highest BCUT2D eigenvalue weighted by Crippen LogP contribution is 2.28. The fourth-order valence-corrected chi connectivity index (χ4v) is 1.85. The summed E-state index contributed by atoms with van der Waals surface area (Å²) in [5.74, 6) is -0.586. The zero-order chi connectivity index (χ0) is 14.4. The molecule has 7 heteroatoms. The number of hydrogen-bond donors (Lipinski definition) is 0. The maximum atomic E-state index is 11.4. The number of nitriles is 1. The zero-order valence-corrected chi connectivity index (χ0v) is 10.9. The second-order valence-electron chi connectivity index (χ2n) is 3.59. The fourth-order valence-electron chi connectivity index (χ4n) is 1.63. The van der Waals surface area contributed by atoms with Crippen LogP contribution in [0.5, 0.6) is 0 Å². The SMILES string of the molecule is CCOC(=O)Cc1ccc(CCl)c(C#N)c1[N+](=O)[O-]. The number of nitrogens with zero attached hydrogens (tertiary/aromatic N) is 2. The van der Waals surface area contributed by atoms with Crippen LogP contribution in [0.1, 0.15) is 23.6 Å². The number of hydrogen-bond acceptors (Lipinski definition) is 5. The van der Waals surface area contributed by atoms with Gasteiger partial charge in [-0.2, -0.15) is 5.26 Å². The number of carbonyl (C=O) groups is 1. The summed E-state index contributed by atoms with van der Waals surface area (Å²) in [7, 11) is 0. The molecule has 1 aromatic rings. The number of benzene rings is 1. The summed E-state index contributed by atoms with van der Waals surface area (Å²) in [5.41, 5.74) is 0.0212. The molecule has 0 atom stereocenters. The number of nitro groups is 1. The molecule has 0 fully saturated rings. The van der Waals surface area contributed by atoms with Crippen molar-refractivity contribution in [3.63, 3.8) is 0 Å². The lowest BCUT2D eigenvalue weighted by Gasteiger charge is -2.07. The molecule has 0 radical (unpaired) electrons. The van der Waals surface area contributed by atoms with Gasteiger partial charge in [-0.15, -0.1) is 11.6 Å². The van der Waals surface area contributed by atoms with Gasteiger partial charge in [0.1, 0.15) is 11.6 Å². The number of carbonyl (C=O) groups excluding carboxylic acids is 1. The number of esters is 1. The molecule has 6 nitrogen and oxygen atoms in total. The monoisotopic (exact) mass is 282 g/mol. The van der Waals surface area contributed by atoms with Crippen LogP contribution in [0.15, 0.2) is 12.1 Å². The van der Waals surface area contributed by atoms with E-state index < -0.39 is 10.9 Å². The van der Waals surface area contributed by atoms with Crippen molar-refractivity contribution in [1.82, 2.24) is 0 Å². The molecule has 1 rings (SSSR count). The highest BCUT2D eigenvalue weighted by molar-refractivity contribution is 6.17. The Labute approximate surface area is 114 Å². The van der Waals surface area contributed by atoms with Crippen LogP contribution in [0.3, 0.4) is 0 Å². The molecule has 0 bridgehead atoms. The van der Waals surface area contributed by atoms with Gasteiger partial charge in [-0.3, -0.25) is 14.9 Å². The zero-order valence-electron chi connectivity index (χ0n) is 10.2. The summed E-state index contributed by atoms with van der Waals surface area (Å²) >= 11 is 5.63. The standard InChI is InChI=1S/C12H11ClN2O4/c1-2-19-11(16)5-8-3-4-9(6-13)10(7-14)12(8)15(17)18/h3-4H,2,5-6H2,1H3. The first-order valence-corrected chi connectivity index (χ1v) is 5.99. The fraction of sp³-hybridized carbons (Fsp3) is 0.333. The summed E-state index contributed by atoms with van der Waals surface area (Å²) in [4.78, 5) is 21.8. The van der Waals surface area contributed by atoms with Gasteiger partial charge in [-0.25, -0.2) is 0 Å². The van der Waals surface area contributed by atoms with E-state index in [4.69, 9.17) is 21.6 Å². The van der Waals surface area contributed by atoms with Crippen molar-refractivity contribution < 1.29 is 14.5 Å². The molecule has 0 aromatic heterocycles. The molecule has 100 valence electrons. The lowest BCUT2D eigenvalue weighted by atomic mass is 10.0. The van der Waals surface area contributed by atoms with Crippen molar-refractivity contribution in [2.24, 2.45) is 0 Å². The first-order valence-electron chi connectivity index (χ1n) is 5.45. The average Bonchev–Trinajstić information content (AvgIpc) is 2.37. The van der Waals surface area contributed by atoms with Crippen LogP contribution in [-0.2, 0) is 21.8 Å². The smallest absolute Gasteiger partial charge is 0.310 e. The van der Waals surface area contributed by atoms with Gasteiger partial charge in [-0.1, -0.05) is 12.1 Å². The van der Waals surface area contributed by atoms with E-state index in [1.54, 1.807) is 13.0 Å². The normalized spacial score (nSPS) is 9.74. The largest absolute Gasteiger partial charge is 0.466 e. The Bertz CT molecular complexity index is 551. The van der Waals surface area contributed by atoms with Gasteiger partial charge < -0.3 is 4.74 Å². The lowest BCUT2D eigenvalue weighted by molar-refractivity contribution is -0.385. The van der Waals surface area contributed by atoms with Crippen molar-refractivity contribution >= 4 is 23.3 Å². The Kier molecular flexibility index (Phi) is 5.27. The van der Waals surface area contributed by atoms with Crippen LogP contribution < -0.4 is 0 Å². The number of ether oxygens (including phenoxy) is 1. The summed E-state index contributed by atoms with van der Waals surface area (Å²) in [5, 5.41) is 20.1. The predicted octanol–water partition coefficient (Wildman–Crippen LogP) is 2.31. The van der Waals surface area contributed by atoms with Gasteiger partial charge in [-0.05, 0) is 12.5 Å². The third-order valence-corrected chi connectivity index (χ3v) is 2.71. The van der Waals surface area contributed by atoms with Crippen LogP contribution >= 0.6 is 11.6 Å². The first kappa shape index (κ1) is 14.9. The van der Waals surface area contributed by atoms with Crippen LogP contribution in [0.25, 0.3) is 0 Å². The molecule has 0 amide bonds. The van der Waals surface area contributed by atoms with E-state index in [0.29, 0.717) is 5.56 Å². The van der Waals surface area contributed by atoms with Gasteiger partial charge in [0.15, 0.2) is 0 Å². The Morgan fingerprint density at radius 2 is 2.16 bits per heavy atom. The Morgan fingerprint density at radius 3 is 2.63 bits per heavy atom. The lowest BCUT2D eigenvalue weighted by Crippen LogP contribution is -2.10. The van der Waals surface area contributed by atoms with E-state index in [0.717, 1.165) is 0 Å². The Balaban J connectivity index is 3.29. The van der Waals surface area contributed by atoms with E-state index >= 15 is 0 Å². The van der Waals surface area contributed by atoms with Gasteiger partial charge in [0.05, 0.1) is 18.0 Å². The topological polar surface area (TPSA) is 93.2 Å². The van der Waals surface area contributed by atoms with E-state index in [9.17, 15) is 14.9 Å². The molecule has 1 aromatic carbocycles. The number of halogens is 1. The van der Waals surface area contributed by atoms with E-state index in [1.807, 2.05) is 0 Å². The molecule has 0 unspecified atom stereocenters. The minimum atomic E-state index is -0.677. The highest BCUT2D eigenvalue weighted by Gasteiger charge is 2.24. The second kappa shape index (κ2) is 6.71. The molecule has 0 saturated heterocycles. The van der Waals surface area contributed by atoms with Crippen molar-refractivity contribution in [3.05, 3.63) is 38.9 Å². The van der Waals surface area contributed by atoms with Gasteiger partial charge in [0.2, 0.25) is 0 Å². The number of alkyl halides is 1. The Morgan fingerprint density at radius 1 is 1.53 bits per heavy atom. The predicted molar refractivity (Wildman–Crippen MR) is 67.7 cm³/mol. The summed E-state index contributed by atoms with van der Waals surface area (Å²) < 4.78 is 4.74. The molecule has 0 aliphatic carbocycles. The first-order chi connectivity index (χ1) is 9.04. The summed E-state index contributed by atoms with van der Waals surface area (Å²) in [6.45, 7) is 1.83. The molecule has 0 aliphatic rings. The molecule has 19 heavy (non-hydrogen) atoms. The average molecular weight is 283 g/mol. The van der Waals surface area contributed by atoms with Crippen molar-refractivity contribution in [2.45, 2.75) is 19.2 Å². The third-order valence-electron chi connectivity index (χ3n) is 2.43. The summed E-state index contributed by atoms with van der Waals surface area (Å²) in [6.07, 6.45) is -0.249. The quantitative estimate of drug-likeness (QED) is 0.357. The van der Waals surface area contributed by atoms with Gasteiger partial charge in [0, 0.05) is 11.4 Å². The van der Waals surface area contributed by atoms with Crippen molar-refractivity contribution in [1.29, 1.82) is 5.26 Å². The molecule has 0 N–H and O–H groups in total. The minimum absolute atomic E-state index is 0.0105. The number of rotatable bonds is 5. The Hall–Kier alpha value is -2.13. The number of nitro benzene ring substituents is 1. The molecule has 0 spiro atoms. The van der Waals surface area contributed by atoms with Crippen LogP contribution in [-0.4, -0.2) is 17.5 Å². The minimum Gasteiger partial charge on any atom is -0.466 e. The summed E-state index contributed by atoms with van der Waals surface area (Å²) in [6, 6.07) is 4.70. The van der Waals surface area contributed by atoms with Crippen LogP contribution in [0, 0.1) is 21.4 Å². The van der Waals surface area contributed by atoms with Crippen molar-refractivity contribution in [3.8, 4) is 6.07 Å². The molecular weight excluding hydrogens is 272 g/mol. The van der Waals surface area contributed by atoms with E-state index in [2.05, 4.69) is 0 Å². The second-order valence-corrected chi connectivity index (χ2v) is 3.86. The molecular formula is C12H11ClN2O4. The van der Waals surface area contributed by atoms with E-state index in [1.165, 1.54) is 12.1 Å². The molecule has 0 heterocycles.